The SMILES string of the molecule is CC(=O)N1CCC2(CC1)CC(c1ccccc1)CN(C1CC1)C2. The molecule has 1 aromatic carbocycles. The topological polar surface area (TPSA) is 23.6 Å². The molecule has 3 heteroatoms. The molecule has 2 saturated heterocycles. The van der Waals surface area contributed by atoms with Crippen molar-refractivity contribution in [3.63, 3.8) is 0 Å². The average molecular weight is 312 g/mol. The van der Waals surface area contributed by atoms with Gasteiger partial charge in [0.05, 0.1) is 0 Å². The zero-order valence-corrected chi connectivity index (χ0v) is 14.2. The molecule has 0 N–H and O–H groups in total. The Labute approximate surface area is 139 Å². The minimum absolute atomic E-state index is 0.245. The van der Waals surface area contributed by atoms with Crippen molar-refractivity contribution in [3.8, 4) is 0 Å². The van der Waals surface area contributed by atoms with E-state index in [0.717, 1.165) is 19.1 Å². The molecule has 1 aromatic rings. The highest BCUT2D eigenvalue weighted by atomic mass is 16.2. The molecule has 0 bridgehead atoms. The van der Waals surface area contributed by atoms with Gasteiger partial charge in [0.1, 0.15) is 0 Å². The molecule has 1 amide bonds. The zero-order valence-electron chi connectivity index (χ0n) is 14.2. The van der Waals surface area contributed by atoms with Crippen LogP contribution in [-0.4, -0.2) is 47.9 Å². The van der Waals surface area contributed by atoms with Gasteiger partial charge < -0.3 is 4.90 Å². The Balaban J connectivity index is 1.53. The number of hydrogen-bond donors (Lipinski definition) is 0. The molecule has 3 fully saturated rings. The van der Waals surface area contributed by atoms with E-state index in [9.17, 15) is 4.79 Å². The van der Waals surface area contributed by atoms with E-state index in [1.165, 1.54) is 50.8 Å². The van der Waals surface area contributed by atoms with Gasteiger partial charge in [0.2, 0.25) is 5.91 Å². The van der Waals surface area contributed by atoms with Gasteiger partial charge in [-0.15, -0.1) is 0 Å². The maximum Gasteiger partial charge on any atom is 0.219 e. The highest BCUT2D eigenvalue weighted by Gasteiger charge is 2.45. The summed E-state index contributed by atoms with van der Waals surface area (Å²) >= 11 is 0. The maximum atomic E-state index is 11.7. The molecule has 1 atom stereocenters. The second-order valence-corrected chi connectivity index (χ2v) is 7.98. The first-order valence-electron chi connectivity index (χ1n) is 9.20. The second kappa shape index (κ2) is 5.94. The molecule has 0 radical (unpaired) electrons. The van der Waals surface area contributed by atoms with Crippen LogP contribution in [0.4, 0.5) is 0 Å². The van der Waals surface area contributed by atoms with Gasteiger partial charge in [-0.05, 0) is 49.0 Å². The van der Waals surface area contributed by atoms with Gasteiger partial charge >= 0.3 is 0 Å². The molecule has 23 heavy (non-hydrogen) atoms. The average Bonchev–Trinajstić information content (AvgIpc) is 3.41. The number of nitrogens with zero attached hydrogens (tertiary/aromatic N) is 2. The van der Waals surface area contributed by atoms with Gasteiger partial charge in [-0.1, -0.05) is 30.3 Å². The summed E-state index contributed by atoms with van der Waals surface area (Å²) in [6, 6.07) is 11.9. The third kappa shape index (κ3) is 3.16. The summed E-state index contributed by atoms with van der Waals surface area (Å²) in [6.45, 7) is 6.10. The van der Waals surface area contributed by atoms with Crippen LogP contribution in [0.3, 0.4) is 0 Å². The minimum Gasteiger partial charge on any atom is -0.343 e. The van der Waals surface area contributed by atoms with Crippen LogP contribution in [0, 0.1) is 5.41 Å². The van der Waals surface area contributed by atoms with Crippen LogP contribution in [0.2, 0.25) is 0 Å². The molecule has 2 aliphatic heterocycles. The Kier molecular flexibility index (Phi) is 3.92. The monoisotopic (exact) mass is 312 g/mol. The number of piperidine rings is 2. The molecular weight excluding hydrogens is 284 g/mol. The first-order chi connectivity index (χ1) is 11.2. The molecule has 1 unspecified atom stereocenters. The molecule has 2 heterocycles. The van der Waals surface area contributed by atoms with Crippen LogP contribution in [0.25, 0.3) is 0 Å². The van der Waals surface area contributed by atoms with Crippen molar-refractivity contribution in [1.29, 1.82) is 0 Å². The Morgan fingerprint density at radius 3 is 2.43 bits per heavy atom. The Hall–Kier alpha value is -1.35. The molecule has 3 aliphatic rings. The lowest BCUT2D eigenvalue weighted by Gasteiger charge is -2.50. The largest absolute Gasteiger partial charge is 0.343 e. The summed E-state index contributed by atoms with van der Waals surface area (Å²) in [7, 11) is 0. The van der Waals surface area contributed by atoms with E-state index in [0.29, 0.717) is 11.3 Å². The molecule has 4 rings (SSSR count). The van der Waals surface area contributed by atoms with E-state index in [1.807, 2.05) is 4.90 Å². The van der Waals surface area contributed by atoms with Crippen molar-refractivity contribution in [1.82, 2.24) is 9.80 Å². The fourth-order valence-electron chi connectivity index (χ4n) is 4.75. The number of carbonyl (C=O) groups is 1. The molecule has 1 spiro atoms. The van der Waals surface area contributed by atoms with Crippen LogP contribution in [-0.2, 0) is 4.79 Å². The number of carbonyl (C=O) groups excluding carboxylic acids is 1. The van der Waals surface area contributed by atoms with Crippen LogP contribution in [0.15, 0.2) is 30.3 Å². The normalized spacial score (nSPS) is 28.0. The molecular formula is C20H28N2O. The quantitative estimate of drug-likeness (QED) is 0.837. The molecule has 0 aromatic heterocycles. The summed E-state index contributed by atoms with van der Waals surface area (Å²) in [4.78, 5) is 16.5. The van der Waals surface area contributed by atoms with E-state index < -0.39 is 0 Å². The van der Waals surface area contributed by atoms with Gasteiger partial charge in [0, 0.05) is 39.1 Å². The lowest BCUT2D eigenvalue weighted by atomic mass is 9.68. The fraction of sp³-hybridized carbons (Fsp3) is 0.650. The van der Waals surface area contributed by atoms with Gasteiger partial charge in [-0.3, -0.25) is 9.69 Å². The molecule has 1 saturated carbocycles. The van der Waals surface area contributed by atoms with Crippen molar-refractivity contribution in [2.45, 2.75) is 51.0 Å². The lowest BCUT2D eigenvalue weighted by molar-refractivity contribution is -0.132. The van der Waals surface area contributed by atoms with Crippen LogP contribution in [0.5, 0.6) is 0 Å². The van der Waals surface area contributed by atoms with Crippen molar-refractivity contribution in [2.75, 3.05) is 26.2 Å². The number of hydrogen-bond acceptors (Lipinski definition) is 2. The van der Waals surface area contributed by atoms with Crippen molar-refractivity contribution >= 4 is 5.91 Å². The van der Waals surface area contributed by atoms with Gasteiger partial charge in [-0.2, -0.15) is 0 Å². The smallest absolute Gasteiger partial charge is 0.219 e. The summed E-state index contributed by atoms with van der Waals surface area (Å²) in [6.07, 6.45) is 6.43. The van der Waals surface area contributed by atoms with Gasteiger partial charge in [-0.25, -0.2) is 0 Å². The summed E-state index contributed by atoms with van der Waals surface area (Å²) < 4.78 is 0. The Bertz CT molecular complexity index is 558. The Morgan fingerprint density at radius 1 is 1.13 bits per heavy atom. The molecule has 124 valence electrons. The summed E-state index contributed by atoms with van der Waals surface area (Å²) in [5.74, 6) is 0.906. The van der Waals surface area contributed by atoms with Crippen LogP contribution in [0.1, 0.15) is 50.5 Å². The van der Waals surface area contributed by atoms with E-state index in [1.54, 1.807) is 6.92 Å². The van der Waals surface area contributed by atoms with Crippen molar-refractivity contribution in [3.05, 3.63) is 35.9 Å². The van der Waals surface area contributed by atoms with Crippen LogP contribution >= 0.6 is 0 Å². The maximum absolute atomic E-state index is 11.7. The van der Waals surface area contributed by atoms with Crippen LogP contribution < -0.4 is 0 Å². The van der Waals surface area contributed by atoms with E-state index in [-0.39, 0.29) is 5.91 Å². The van der Waals surface area contributed by atoms with Crippen molar-refractivity contribution < 1.29 is 4.79 Å². The number of rotatable bonds is 2. The van der Waals surface area contributed by atoms with Crippen molar-refractivity contribution in [2.24, 2.45) is 5.41 Å². The molecule has 1 aliphatic carbocycles. The third-order valence-corrected chi connectivity index (χ3v) is 6.28. The first-order valence-corrected chi connectivity index (χ1v) is 9.20. The third-order valence-electron chi connectivity index (χ3n) is 6.28. The van der Waals surface area contributed by atoms with Gasteiger partial charge in [0.25, 0.3) is 0 Å². The second-order valence-electron chi connectivity index (χ2n) is 7.98. The first kappa shape index (κ1) is 15.2. The zero-order chi connectivity index (χ0) is 15.9. The minimum atomic E-state index is 0.245. The highest BCUT2D eigenvalue weighted by Crippen LogP contribution is 2.47. The summed E-state index contributed by atoms with van der Waals surface area (Å²) in [5, 5.41) is 0. The standard InChI is InChI=1S/C20H28N2O/c1-16(23)21-11-9-20(10-12-21)13-18(17-5-3-2-4-6-17)14-22(15-20)19-7-8-19/h2-6,18-19H,7-15H2,1H3. The number of benzene rings is 1. The predicted molar refractivity (Wildman–Crippen MR) is 92.3 cm³/mol. The van der Waals surface area contributed by atoms with Gasteiger partial charge in [0.15, 0.2) is 0 Å². The predicted octanol–water partition coefficient (Wildman–Crippen LogP) is 3.27. The molecule has 3 nitrogen and oxygen atoms in total. The number of amides is 1. The summed E-state index contributed by atoms with van der Waals surface area (Å²) in [5.41, 5.74) is 1.93. The fourth-order valence-corrected chi connectivity index (χ4v) is 4.75. The lowest BCUT2D eigenvalue weighted by Crippen LogP contribution is -2.52. The Morgan fingerprint density at radius 2 is 1.83 bits per heavy atom. The van der Waals surface area contributed by atoms with E-state index in [4.69, 9.17) is 0 Å². The van der Waals surface area contributed by atoms with E-state index >= 15 is 0 Å². The number of likely N-dealkylation sites (tertiary alicyclic amines) is 2. The van der Waals surface area contributed by atoms with E-state index in [2.05, 4.69) is 35.2 Å². The highest BCUT2D eigenvalue weighted by molar-refractivity contribution is 5.73.